The molecule has 1 aromatic heterocycles. The highest BCUT2D eigenvalue weighted by Crippen LogP contribution is 2.18. The number of furan rings is 1. The molecule has 1 heterocycles. The Labute approximate surface area is 120 Å². The van der Waals surface area contributed by atoms with E-state index in [0.717, 1.165) is 5.57 Å². The van der Waals surface area contributed by atoms with Gasteiger partial charge in [-0.25, -0.2) is 0 Å². The largest absolute Gasteiger partial charge is 0.433 e. The molecule has 102 valence electrons. The Morgan fingerprint density at radius 2 is 2.42 bits per heavy atom. The third kappa shape index (κ3) is 5.23. The highest BCUT2D eigenvalue weighted by Gasteiger charge is 2.10. The smallest absolute Gasteiger partial charge is 0.401 e. The molecule has 0 atom stereocenters. The van der Waals surface area contributed by atoms with E-state index in [1.807, 2.05) is 13.2 Å². The van der Waals surface area contributed by atoms with Crippen LogP contribution in [0.3, 0.4) is 0 Å². The van der Waals surface area contributed by atoms with Crippen LogP contribution in [-0.2, 0) is 0 Å². The van der Waals surface area contributed by atoms with Crippen molar-refractivity contribution in [2.45, 2.75) is 13.3 Å². The van der Waals surface area contributed by atoms with Gasteiger partial charge in [0.15, 0.2) is 4.32 Å². The molecule has 19 heavy (non-hydrogen) atoms. The van der Waals surface area contributed by atoms with E-state index in [1.54, 1.807) is 18.4 Å². The van der Waals surface area contributed by atoms with Crippen LogP contribution in [0.5, 0.6) is 0 Å². The minimum absolute atomic E-state index is 0.277. The molecule has 0 saturated carbocycles. The summed E-state index contributed by atoms with van der Waals surface area (Å²) in [6, 6.07) is 2.86. The van der Waals surface area contributed by atoms with Crippen LogP contribution in [0.1, 0.15) is 19.1 Å². The zero-order valence-electron chi connectivity index (χ0n) is 10.5. The summed E-state index contributed by atoms with van der Waals surface area (Å²) in [5.41, 5.74) is 3.55. The van der Waals surface area contributed by atoms with Crippen LogP contribution in [0, 0.1) is 10.1 Å². The van der Waals surface area contributed by atoms with Crippen LogP contribution in [0.4, 0.5) is 5.88 Å². The number of hydrogen-bond acceptors (Lipinski definition) is 6. The molecule has 0 aliphatic heterocycles. The minimum atomic E-state index is -0.574. The van der Waals surface area contributed by atoms with Crippen molar-refractivity contribution in [2.24, 2.45) is 5.10 Å². The molecule has 0 aliphatic rings. The van der Waals surface area contributed by atoms with Crippen LogP contribution < -0.4 is 5.43 Å². The first kappa shape index (κ1) is 15.4. The molecule has 0 radical (unpaired) electrons. The van der Waals surface area contributed by atoms with E-state index in [4.69, 9.17) is 16.6 Å². The Bertz CT molecular complexity index is 523. The maximum atomic E-state index is 10.5. The molecule has 8 heteroatoms. The molecule has 0 unspecified atom stereocenters. The van der Waals surface area contributed by atoms with Crippen molar-refractivity contribution in [3.63, 3.8) is 0 Å². The lowest BCUT2D eigenvalue weighted by molar-refractivity contribution is -0.402. The number of hydrazone groups is 1. The second-order valence-electron chi connectivity index (χ2n) is 3.37. The fourth-order valence-electron chi connectivity index (χ4n) is 1.14. The van der Waals surface area contributed by atoms with Crippen LogP contribution in [0.2, 0.25) is 0 Å². The summed E-state index contributed by atoms with van der Waals surface area (Å²) in [7, 11) is 0. The molecule has 0 aliphatic carbocycles. The van der Waals surface area contributed by atoms with Crippen molar-refractivity contribution in [3.8, 4) is 0 Å². The molecule has 0 fully saturated rings. The van der Waals surface area contributed by atoms with Gasteiger partial charge in [0.25, 0.3) is 0 Å². The molecule has 1 aromatic rings. The van der Waals surface area contributed by atoms with Crippen molar-refractivity contribution in [1.29, 1.82) is 0 Å². The summed E-state index contributed by atoms with van der Waals surface area (Å²) >= 11 is 6.32. The third-order valence-electron chi connectivity index (χ3n) is 2.10. The maximum Gasteiger partial charge on any atom is 0.433 e. The fraction of sp³-hybridized carbons (Fsp3) is 0.273. The zero-order chi connectivity index (χ0) is 14.3. The molecular weight excluding hydrogens is 286 g/mol. The number of thioether (sulfide) groups is 1. The van der Waals surface area contributed by atoms with Crippen molar-refractivity contribution in [2.75, 3.05) is 6.26 Å². The SMILES string of the molecule is CCC(/C=N/NC(=S)SC)=C\c1ccc([N+](=O)[O-])o1. The van der Waals surface area contributed by atoms with Gasteiger partial charge in [-0.2, -0.15) is 5.10 Å². The molecule has 0 bridgehead atoms. The number of hydrogen-bond donors (Lipinski definition) is 1. The highest BCUT2D eigenvalue weighted by molar-refractivity contribution is 8.22. The zero-order valence-corrected chi connectivity index (χ0v) is 12.1. The van der Waals surface area contributed by atoms with E-state index < -0.39 is 4.92 Å². The van der Waals surface area contributed by atoms with Gasteiger partial charge in [0, 0.05) is 0 Å². The number of rotatable bonds is 5. The predicted octanol–water partition coefficient (Wildman–Crippen LogP) is 3.20. The summed E-state index contributed by atoms with van der Waals surface area (Å²) in [6.07, 6.45) is 5.87. The molecule has 1 N–H and O–H groups in total. The molecule has 0 amide bonds. The first-order chi connectivity index (χ1) is 9.06. The number of nitrogens with zero attached hydrogens (tertiary/aromatic N) is 2. The van der Waals surface area contributed by atoms with E-state index in [0.29, 0.717) is 16.5 Å². The van der Waals surface area contributed by atoms with Gasteiger partial charge in [-0.05, 0) is 30.4 Å². The van der Waals surface area contributed by atoms with Crippen molar-refractivity contribution < 1.29 is 9.34 Å². The summed E-state index contributed by atoms with van der Waals surface area (Å²) in [6.45, 7) is 1.95. The first-order valence-corrected chi connectivity index (χ1v) is 7.02. The summed E-state index contributed by atoms with van der Waals surface area (Å²) in [5.74, 6) is 0.141. The molecule has 1 rings (SSSR count). The van der Waals surface area contributed by atoms with Crippen LogP contribution in [-0.4, -0.2) is 21.7 Å². The van der Waals surface area contributed by atoms with E-state index in [2.05, 4.69) is 10.5 Å². The Morgan fingerprint density at radius 1 is 1.68 bits per heavy atom. The van der Waals surface area contributed by atoms with E-state index in [9.17, 15) is 10.1 Å². The Kier molecular flexibility index (Phi) is 6.23. The third-order valence-corrected chi connectivity index (χ3v) is 3.15. The maximum absolute atomic E-state index is 10.5. The van der Waals surface area contributed by atoms with Gasteiger partial charge < -0.3 is 4.42 Å². The van der Waals surface area contributed by atoms with E-state index in [1.165, 1.54) is 17.8 Å². The average Bonchev–Trinajstić information content (AvgIpc) is 2.86. The van der Waals surface area contributed by atoms with Gasteiger partial charge in [-0.3, -0.25) is 15.5 Å². The monoisotopic (exact) mass is 299 g/mol. The minimum Gasteiger partial charge on any atom is -0.401 e. The van der Waals surface area contributed by atoms with Crippen LogP contribution >= 0.6 is 24.0 Å². The van der Waals surface area contributed by atoms with Crippen molar-refractivity contribution >= 4 is 46.5 Å². The summed E-state index contributed by atoms with van der Waals surface area (Å²) < 4.78 is 5.61. The van der Waals surface area contributed by atoms with Gasteiger partial charge in [-0.1, -0.05) is 30.9 Å². The Balaban J connectivity index is 2.75. The standard InChI is InChI=1S/C11H13N3O3S2/c1-3-8(7-12-13-11(18)19-2)6-9-4-5-10(17-9)14(15)16/h4-7H,3H2,1-2H3,(H,13,18)/b8-6+,12-7+. The lowest BCUT2D eigenvalue weighted by Gasteiger charge is -1.98. The van der Waals surface area contributed by atoms with Gasteiger partial charge in [-0.15, -0.1) is 0 Å². The average molecular weight is 299 g/mol. The number of nitrogens with one attached hydrogen (secondary N) is 1. The molecule has 6 nitrogen and oxygen atoms in total. The van der Waals surface area contributed by atoms with E-state index >= 15 is 0 Å². The molecule has 0 aromatic carbocycles. The van der Waals surface area contributed by atoms with Crippen LogP contribution in [0.15, 0.2) is 27.2 Å². The molecular formula is C11H13N3O3S2. The Morgan fingerprint density at radius 3 is 2.95 bits per heavy atom. The normalized spacial score (nSPS) is 11.8. The topological polar surface area (TPSA) is 80.7 Å². The predicted molar refractivity (Wildman–Crippen MR) is 81.4 cm³/mol. The van der Waals surface area contributed by atoms with Crippen molar-refractivity contribution in [3.05, 3.63) is 33.6 Å². The number of thiocarbonyl (C=S) groups is 1. The second kappa shape index (κ2) is 7.70. The Hall–Kier alpha value is -1.67. The summed E-state index contributed by atoms with van der Waals surface area (Å²) in [5, 5.41) is 14.5. The lowest BCUT2D eigenvalue weighted by Crippen LogP contribution is -2.10. The lowest BCUT2D eigenvalue weighted by atomic mass is 10.2. The van der Waals surface area contributed by atoms with Gasteiger partial charge >= 0.3 is 5.88 Å². The number of allylic oxidation sites excluding steroid dienone is 1. The molecule has 0 saturated heterocycles. The van der Waals surface area contributed by atoms with Crippen molar-refractivity contribution in [1.82, 2.24) is 5.43 Å². The van der Waals surface area contributed by atoms with Gasteiger partial charge in [0.2, 0.25) is 0 Å². The first-order valence-electron chi connectivity index (χ1n) is 5.38. The highest BCUT2D eigenvalue weighted by atomic mass is 32.2. The summed E-state index contributed by atoms with van der Waals surface area (Å²) in [4.78, 5) is 9.91. The fourth-order valence-corrected chi connectivity index (χ4v) is 1.34. The van der Waals surface area contributed by atoms with Gasteiger partial charge in [0.1, 0.15) is 10.7 Å². The molecule has 0 spiro atoms. The van der Waals surface area contributed by atoms with Gasteiger partial charge in [0.05, 0.1) is 12.3 Å². The van der Waals surface area contributed by atoms with Crippen LogP contribution in [0.25, 0.3) is 6.08 Å². The second-order valence-corrected chi connectivity index (χ2v) is 4.85. The quantitative estimate of drug-likeness (QED) is 0.389. The van der Waals surface area contributed by atoms with E-state index in [-0.39, 0.29) is 5.88 Å². The number of nitro groups is 1.